The molecule has 0 aliphatic heterocycles. The highest BCUT2D eigenvalue weighted by atomic mass is 35.5. The first-order valence-electron chi connectivity index (χ1n) is 7.25. The van der Waals surface area contributed by atoms with Gasteiger partial charge in [0.05, 0.1) is 18.2 Å². The van der Waals surface area contributed by atoms with E-state index in [1.165, 1.54) is 12.1 Å². The molecule has 0 spiro atoms. The van der Waals surface area contributed by atoms with Crippen LogP contribution in [0.3, 0.4) is 0 Å². The zero-order valence-electron chi connectivity index (χ0n) is 12.9. The van der Waals surface area contributed by atoms with Crippen LogP contribution in [0.1, 0.15) is 17.3 Å². The fourth-order valence-corrected chi connectivity index (χ4v) is 2.09. The Morgan fingerprint density at radius 2 is 1.88 bits per heavy atom. The molecule has 0 unspecified atom stereocenters. The van der Waals surface area contributed by atoms with Crippen LogP contribution in [-0.4, -0.2) is 25.0 Å². The zero-order valence-corrected chi connectivity index (χ0v) is 13.7. The molecular formula is C17H16ClFN2O3. The number of ether oxygens (including phenoxy) is 1. The van der Waals surface area contributed by atoms with Crippen molar-refractivity contribution in [3.63, 3.8) is 0 Å². The van der Waals surface area contributed by atoms with Gasteiger partial charge in [-0.2, -0.15) is 0 Å². The summed E-state index contributed by atoms with van der Waals surface area (Å²) >= 11 is 5.63. The van der Waals surface area contributed by atoms with E-state index in [0.29, 0.717) is 23.6 Å². The summed E-state index contributed by atoms with van der Waals surface area (Å²) in [7, 11) is 0. The van der Waals surface area contributed by atoms with Gasteiger partial charge in [-0.3, -0.25) is 9.59 Å². The molecule has 0 saturated carbocycles. The third kappa shape index (κ3) is 4.96. The summed E-state index contributed by atoms with van der Waals surface area (Å²) in [6.07, 6.45) is 0. The van der Waals surface area contributed by atoms with Crippen LogP contribution in [0.15, 0.2) is 42.5 Å². The van der Waals surface area contributed by atoms with Crippen LogP contribution >= 0.6 is 11.6 Å². The highest BCUT2D eigenvalue weighted by Gasteiger charge is 2.09. The van der Waals surface area contributed by atoms with Crippen LogP contribution in [0.2, 0.25) is 5.02 Å². The van der Waals surface area contributed by atoms with E-state index in [9.17, 15) is 14.0 Å². The molecule has 0 bridgehead atoms. The van der Waals surface area contributed by atoms with Crippen LogP contribution in [0.5, 0.6) is 5.75 Å². The number of halogens is 2. The molecule has 0 radical (unpaired) electrons. The summed E-state index contributed by atoms with van der Waals surface area (Å²) in [4.78, 5) is 23.8. The van der Waals surface area contributed by atoms with Crippen LogP contribution in [0.25, 0.3) is 0 Å². The van der Waals surface area contributed by atoms with Crippen molar-refractivity contribution < 1.29 is 18.7 Å². The zero-order chi connectivity index (χ0) is 17.5. The Morgan fingerprint density at radius 3 is 2.50 bits per heavy atom. The number of hydrogen-bond acceptors (Lipinski definition) is 3. The highest BCUT2D eigenvalue weighted by Crippen LogP contribution is 2.19. The topological polar surface area (TPSA) is 67.4 Å². The molecule has 2 rings (SSSR count). The molecule has 5 nitrogen and oxygen atoms in total. The average molecular weight is 351 g/mol. The van der Waals surface area contributed by atoms with Gasteiger partial charge in [0.25, 0.3) is 5.91 Å². The van der Waals surface area contributed by atoms with E-state index in [0.717, 1.165) is 6.07 Å². The highest BCUT2D eigenvalue weighted by molar-refractivity contribution is 6.31. The molecule has 0 saturated heterocycles. The summed E-state index contributed by atoms with van der Waals surface area (Å²) in [6, 6.07) is 10.4. The van der Waals surface area contributed by atoms with Crippen molar-refractivity contribution in [3.05, 3.63) is 58.9 Å². The monoisotopic (exact) mass is 350 g/mol. The van der Waals surface area contributed by atoms with Gasteiger partial charge < -0.3 is 15.4 Å². The van der Waals surface area contributed by atoms with Crippen molar-refractivity contribution in [2.24, 2.45) is 0 Å². The van der Waals surface area contributed by atoms with E-state index >= 15 is 0 Å². The Kier molecular flexibility index (Phi) is 6.14. The smallest absolute Gasteiger partial charge is 0.251 e. The van der Waals surface area contributed by atoms with Gasteiger partial charge in [-0.05, 0) is 49.4 Å². The minimum atomic E-state index is -0.571. The van der Waals surface area contributed by atoms with Crippen molar-refractivity contribution in [2.45, 2.75) is 6.92 Å². The van der Waals surface area contributed by atoms with Crippen molar-refractivity contribution in [2.75, 3.05) is 18.5 Å². The molecule has 24 heavy (non-hydrogen) atoms. The van der Waals surface area contributed by atoms with Gasteiger partial charge in [0.2, 0.25) is 5.91 Å². The van der Waals surface area contributed by atoms with Crippen LogP contribution < -0.4 is 15.4 Å². The summed E-state index contributed by atoms with van der Waals surface area (Å²) in [5, 5.41) is 4.92. The fraction of sp³-hybridized carbons (Fsp3) is 0.176. The normalized spacial score (nSPS) is 10.1. The average Bonchev–Trinajstić information content (AvgIpc) is 2.57. The standard InChI is InChI=1S/C17H16ClFN2O3/c1-2-24-13-6-3-11(4-7-13)17(23)20-10-16(22)21-12-5-8-15(19)14(18)9-12/h3-9H,2,10H2,1H3,(H,20,23)(H,21,22). The number of hydrogen-bond donors (Lipinski definition) is 2. The van der Waals surface area contributed by atoms with Crippen LogP contribution in [-0.2, 0) is 4.79 Å². The Hall–Kier alpha value is -2.60. The van der Waals surface area contributed by atoms with E-state index in [1.54, 1.807) is 24.3 Å². The Labute approximate surface area is 143 Å². The molecule has 0 aromatic heterocycles. The number of amides is 2. The van der Waals surface area contributed by atoms with Gasteiger partial charge in [-0.1, -0.05) is 11.6 Å². The van der Waals surface area contributed by atoms with E-state index in [4.69, 9.17) is 16.3 Å². The third-order valence-corrected chi connectivity index (χ3v) is 3.33. The second-order valence-corrected chi connectivity index (χ2v) is 5.22. The SMILES string of the molecule is CCOc1ccc(C(=O)NCC(=O)Nc2ccc(F)c(Cl)c2)cc1. The summed E-state index contributed by atoms with van der Waals surface area (Å²) < 4.78 is 18.3. The summed E-state index contributed by atoms with van der Waals surface area (Å²) in [5.41, 5.74) is 0.762. The first-order valence-corrected chi connectivity index (χ1v) is 7.63. The number of rotatable bonds is 6. The molecule has 2 amide bonds. The maximum absolute atomic E-state index is 13.0. The number of nitrogens with one attached hydrogen (secondary N) is 2. The maximum Gasteiger partial charge on any atom is 0.251 e. The van der Waals surface area contributed by atoms with Crippen molar-refractivity contribution in [1.82, 2.24) is 5.32 Å². The minimum Gasteiger partial charge on any atom is -0.494 e. The Morgan fingerprint density at radius 1 is 1.17 bits per heavy atom. The van der Waals surface area contributed by atoms with Gasteiger partial charge in [0.1, 0.15) is 11.6 Å². The van der Waals surface area contributed by atoms with E-state index < -0.39 is 11.7 Å². The molecule has 2 aromatic carbocycles. The lowest BCUT2D eigenvalue weighted by atomic mass is 10.2. The summed E-state index contributed by atoms with van der Waals surface area (Å²) in [5.74, 6) is -0.735. The van der Waals surface area contributed by atoms with Gasteiger partial charge in [-0.15, -0.1) is 0 Å². The lowest BCUT2D eigenvalue weighted by molar-refractivity contribution is -0.115. The van der Waals surface area contributed by atoms with Crippen LogP contribution in [0, 0.1) is 5.82 Å². The largest absolute Gasteiger partial charge is 0.494 e. The number of benzene rings is 2. The molecule has 7 heteroatoms. The molecule has 0 aliphatic carbocycles. The van der Waals surface area contributed by atoms with Gasteiger partial charge in [0, 0.05) is 11.3 Å². The molecular weight excluding hydrogens is 335 g/mol. The van der Waals surface area contributed by atoms with Gasteiger partial charge in [0.15, 0.2) is 0 Å². The van der Waals surface area contributed by atoms with Crippen molar-refractivity contribution in [1.29, 1.82) is 0 Å². The first-order chi connectivity index (χ1) is 11.5. The van der Waals surface area contributed by atoms with Gasteiger partial charge in [-0.25, -0.2) is 4.39 Å². The van der Waals surface area contributed by atoms with Crippen molar-refractivity contribution >= 4 is 29.1 Å². The molecule has 126 valence electrons. The number of carbonyl (C=O) groups is 2. The predicted molar refractivity (Wildman–Crippen MR) is 90.0 cm³/mol. The molecule has 2 N–H and O–H groups in total. The van der Waals surface area contributed by atoms with E-state index in [1.807, 2.05) is 6.92 Å². The quantitative estimate of drug-likeness (QED) is 0.840. The lowest BCUT2D eigenvalue weighted by Crippen LogP contribution is -2.32. The Bertz CT molecular complexity index is 735. The third-order valence-electron chi connectivity index (χ3n) is 3.04. The first kappa shape index (κ1) is 17.7. The molecule has 0 fully saturated rings. The van der Waals surface area contributed by atoms with Crippen LogP contribution in [0.4, 0.5) is 10.1 Å². The van der Waals surface area contributed by atoms with E-state index in [2.05, 4.69) is 10.6 Å². The van der Waals surface area contributed by atoms with Gasteiger partial charge >= 0.3 is 0 Å². The number of carbonyl (C=O) groups excluding carboxylic acids is 2. The summed E-state index contributed by atoms with van der Waals surface area (Å²) in [6.45, 7) is 2.19. The lowest BCUT2D eigenvalue weighted by Gasteiger charge is -2.08. The maximum atomic E-state index is 13.0. The molecule has 0 heterocycles. The molecule has 0 aliphatic rings. The number of anilines is 1. The second-order valence-electron chi connectivity index (χ2n) is 4.82. The second kappa shape index (κ2) is 8.31. The van der Waals surface area contributed by atoms with Crippen molar-refractivity contribution in [3.8, 4) is 5.75 Å². The molecule has 2 aromatic rings. The molecule has 0 atom stereocenters. The predicted octanol–water partition coefficient (Wildman–Crippen LogP) is 3.25. The minimum absolute atomic E-state index is 0.0915. The fourth-order valence-electron chi connectivity index (χ4n) is 1.91. The van der Waals surface area contributed by atoms with E-state index in [-0.39, 0.29) is 17.5 Å². The Balaban J connectivity index is 1.86.